The molecule has 0 spiro atoms. The third-order valence-corrected chi connectivity index (χ3v) is 4.62. The molecule has 2 saturated heterocycles. The van der Waals surface area contributed by atoms with Crippen molar-refractivity contribution in [1.82, 2.24) is 4.90 Å². The Morgan fingerprint density at radius 3 is 2.62 bits per heavy atom. The van der Waals surface area contributed by atoms with Crippen LogP contribution < -0.4 is 4.90 Å². The molecule has 3 rings (SSSR count). The van der Waals surface area contributed by atoms with E-state index in [0.717, 1.165) is 17.0 Å². The number of aliphatic hydroxyl groups excluding tert-OH is 1. The number of anilines is 1. The van der Waals surface area contributed by atoms with Gasteiger partial charge in [0, 0.05) is 6.54 Å². The molecular formula is C14H10ClF4N3O2. The van der Waals surface area contributed by atoms with Gasteiger partial charge in [-0.1, -0.05) is 11.6 Å². The molecule has 0 radical (unpaired) electrons. The van der Waals surface area contributed by atoms with Crippen molar-refractivity contribution in [2.75, 3.05) is 11.4 Å². The first-order chi connectivity index (χ1) is 11.2. The monoisotopic (exact) mass is 363 g/mol. The predicted molar refractivity (Wildman–Crippen MR) is 75.0 cm³/mol. The van der Waals surface area contributed by atoms with Crippen molar-refractivity contribution in [2.45, 2.75) is 30.8 Å². The highest BCUT2D eigenvalue weighted by Crippen LogP contribution is 2.44. The number of amides is 2. The fraction of sp³-hybridized carbons (Fsp3) is 0.429. The Labute approximate surface area is 138 Å². The van der Waals surface area contributed by atoms with Crippen LogP contribution in [0.3, 0.4) is 0 Å². The number of rotatable bonds is 1. The number of fused-ring (bicyclic) bond motifs is 1. The van der Waals surface area contributed by atoms with E-state index in [2.05, 4.69) is 0 Å². The van der Waals surface area contributed by atoms with E-state index in [9.17, 15) is 27.5 Å². The Kier molecular flexibility index (Phi) is 3.85. The maximum atomic E-state index is 14.4. The molecule has 10 heteroatoms. The maximum absolute atomic E-state index is 14.4. The topological polar surface area (TPSA) is 67.6 Å². The second kappa shape index (κ2) is 5.50. The van der Waals surface area contributed by atoms with Crippen molar-refractivity contribution in [3.05, 3.63) is 28.5 Å². The summed E-state index contributed by atoms with van der Waals surface area (Å²) < 4.78 is 54.9. The molecule has 0 aromatic heterocycles. The highest BCUT2D eigenvalue weighted by Gasteiger charge is 2.63. The first-order valence-electron chi connectivity index (χ1n) is 6.91. The minimum absolute atomic E-state index is 0.0213. The van der Waals surface area contributed by atoms with Crippen molar-refractivity contribution in [1.29, 1.82) is 5.26 Å². The summed E-state index contributed by atoms with van der Waals surface area (Å²) in [5, 5.41) is 18.0. The van der Waals surface area contributed by atoms with Crippen molar-refractivity contribution >= 4 is 23.3 Å². The zero-order valence-corrected chi connectivity index (χ0v) is 12.6. The molecule has 5 nitrogen and oxygen atoms in total. The molecule has 1 N–H and O–H groups in total. The van der Waals surface area contributed by atoms with Crippen molar-refractivity contribution in [3.8, 4) is 6.07 Å². The van der Waals surface area contributed by atoms with Gasteiger partial charge in [0.1, 0.15) is 6.07 Å². The second-order valence-corrected chi connectivity index (χ2v) is 5.93. The van der Waals surface area contributed by atoms with Gasteiger partial charge in [-0.2, -0.15) is 18.4 Å². The Hall–Kier alpha value is -2.05. The number of nitrogens with zero attached hydrogens (tertiary/aromatic N) is 3. The number of carbonyl (C=O) groups is 1. The number of halogens is 5. The van der Waals surface area contributed by atoms with Gasteiger partial charge < -0.3 is 10.0 Å². The van der Waals surface area contributed by atoms with Crippen LogP contribution >= 0.6 is 11.6 Å². The van der Waals surface area contributed by atoms with Gasteiger partial charge in [0.05, 0.1) is 28.4 Å². The average molecular weight is 364 g/mol. The summed E-state index contributed by atoms with van der Waals surface area (Å²) in [4.78, 5) is 13.5. The Balaban J connectivity index is 2.14. The first-order valence-corrected chi connectivity index (χ1v) is 7.29. The number of hydrogen-bond donors (Lipinski definition) is 1. The standard InChI is InChI=1S/C14H10ClF4N3O2/c15-9-6(5-20)1-2-7(10(9)16)22-12(14(17,18)19)11-8(23)3-4-21(11)13(22)24/h1-2,8,11-12,23H,3-4H2/t8?,11-,12?/m0/s1. The summed E-state index contributed by atoms with van der Waals surface area (Å²) in [6, 6.07) is -1.41. The molecule has 1 aromatic carbocycles. The van der Waals surface area contributed by atoms with Crippen LogP contribution in [0.2, 0.25) is 5.02 Å². The molecule has 0 bridgehead atoms. The van der Waals surface area contributed by atoms with E-state index < -0.39 is 46.9 Å². The first kappa shape index (κ1) is 16.8. The molecule has 3 atom stereocenters. The quantitative estimate of drug-likeness (QED) is 0.780. The van der Waals surface area contributed by atoms with Gasteiger partial charge in [-0.05, 0) is 18.6 Å². The summed E-state index contributed by atoms with van der Waals surface area (Å²) in [5.41, 5.74) is -0.929. The van der Waals surface area contributed by atoms with Crippen LogP contribution in [0.15, 0.2) is 12.1 Å². The molecule has 2 aliphatic heterocycles. The number of urea groups is 1. The number of nitriles is 1. The molecule has 2 aliphatic rings. The van der Waals surface area contributed by atoms with E-state index in [0.29, 0.717) is 0 Å². The predicted octanol–water partition coefficient (Wildman–Crippen LogP) is 2.66. The lowest BCUT2D eigenvalue weighted by Crippen LogP contribution is -2.51. The molecule has 128 valence electrons. The maximum Gasteiger partial charge on any atom is 0.411 e. The molecular weight excluding hydrogens is 354 g/mol. The summed E-state index contributed by atoms with van der Waals surface area (Å²) >= 11 is 5.66. The van der Waals surface area contributed by atoms with Crippen molar-refractivity contribution in [3.63, 3.8) is 0 Å². The highest BCUT2D eigenvalue weighted by atomic mass is 35.5. The van der Waals surface area contributed by atoms with E-state index in [4.69, 9.17) is 16.9 Å². The minimum atomic E-state index is -4.88. The number of benzene rings is 1. The van der Waals surface area contributed by atoms with Crippen molar-refractivity contribution < 1.29 is 27.5 Å². The summed E-state index contributed by atoms with van der Waals surface area (Å²) in [7, 11) is 0. The van der Waals surface area contributed by atoms with Crippen LogP contribution in [0.4, 0.5) is 28.0 Å². The molecule has 1 aromatic rings. The third kappa shape index (κ3) is 2.29. The Morgan fingerprint density at radius 1 is 1.38 bits per heavy atom. The lowest BCUT2D eigenvalue weighted by molar-refractivity contribution is -0.156. The fourth-order valence-electron chi connectivity index (χ4n) is 3.22. The lowest BCUT2D eigenvalue weighted by Gasteiger charge is -2.29. The van der Waals surface area contributed by atoms with Gasteiger partial charge in [0.25, 0.3) is 0 Å². The number of alkyl halides is 3. The molecule has 2 amide bonds. The van der Waals surface area contributed by atoms with Crippen molar-refractivity contribution in [2.24, 2.45) is 0 Å². The number of aliphatic hydroxyl groups is 1. The highest BCUT2D eigenvalue weighted by molar-refractivity contribution is 6.32. The van der Waals surface area contributed by atoms with E-state index >= 15 is 0 Å². The van der Waals surface area contributed by atoms with Gasteiger partial charge >= 0.3 is 12.2 Å². The van der Waals surface area contributed by atoms with E-state index in [1.54, 1.807) is 6.07 Å². The number of hydrogen-bond acceptors (Lipinski definition) is 3. The van der Waals surface area contributed by atoms with Gasteiger partial charge in [0.2, 0.25) is 0 Å². The van der Waals surface area contributed by atoms with E-state index in [-0.39, 0.29) is 23.4 Å². The van der Waals surface area contributed by atoms with E-state index in [1.165, 1.54) is 0 Å². The third-order valence-electron chi connectivity index (χ3n) is 4.25. The van der Waals surface area contributed by atoms with Gasteiger partial charge in [-0.15, -0.1) is 0 Å². The van der Waals surface area contributed by atoms with Gasteiger partial charge in [-0.3, -0.25) is 4.90 Å². The van der Waals surface area contributed by atoms with Crippen LogP contribution in [-0.4, -0.2) is 46.9 Å². The largest absolute Gasteiger partial charge is 0.411 e. The van der Waals surface area contributed by atoms with Crippen LogP contribution in [0.5, 0.6) is 0 Å². The van der Waals surface area contributed by atoms with Crippen LogP contribution in [0.25, 0.3) is 0 Å². The Morgan fingerprint density at radius 2 is 2.04 bits per heavy atom. The molecule has 2 fully saturated rings. The second-order valence-electron chi connectivity index (χ2n) is 5.55. The van der Waals surface area contributed by atoms with Gasteiger partial charge in [0.15, 0.2) is 11.9 Å². The summed E-state index contributed by atoms with van der Waals surface area (Å²) in [6.45, 7) is -0.0562. The smallest absolute Gasteiger partial charge is 0.391 e. The average Bonchev–Trinajstić information content (AvgIpc) is 3.01. The molecule has 0 aliphatic carbocycles. The van der Waals surface area contributed by atoms with E-state index in [1.807, 2.05) is 0 Å². The lowest BCUT2D eigenvalue weighted by atomic mass is 10.0. The molecule has 2 unspecified atom stereocenters. The summed E-state index contributed by atoms with van der Waals surface area (Å²) in [5.74, 6) is -1.28. The van der Waals surface area contributed by atoms with Crippen LogP contribution in [-0.2, 0) is 0 Å². The van der Waals surface area contributed by atoms with Crippen LogP contribution in [0.1, 0.15) is 12.0 Å². The zero-order chi connectivity index (χ0) is 17.8. The van der Waals surface area contributed by atoms with Crippen LogP contribution in [0, 0.1) is 17.1 Å². The molecule has 0 saturated carbocycles. The van der Waals surface area contributed by atoms with Gasteiger partial charge in [-0.25, -0.2) is 9.18 Å². The Bertz CT molecular complexity index is 749. The summed E-state index contributed by atoms with van der Waals surface area (Å²) in [6.07, 6.45) is -6.22. The number of carbonyl (C=O) groups excluding carboxylic acids is 1. The SMILES string of the molecule is N#Cc1ccc(N2C(=O)N3CCC(O)[C@H]3C2C(F)(F)F)c(F)c1Cl. The zero-order valence-electron chi connectivity index (χ0n) is 11.9. The minimum Gasteiger partial charge on any atom is -0.391 e. The normalized spacial score (nSPS) is 26.7. The molecule has 2 heterocycles. The molecule has 24 heavy (non-hydrogen) atoms. The fourth-order valence-corrected chi connectivity index (χ4v) is 3.42.